The number of pyridine rings is 2. The summed E-state index contributed by atoms with van der Waals surface area (Å²) in [6.45, 7) is 5.74. The number of fused-ring (bicyclic) bond motifs is 1. The number of benzene rings is 1. The van der Waals surface area contributed by atoms with Crippen molar-refractivity contribution in [3.05, 3.63) is 71.4 Å². The molecule has 0 fully saturated rings. The van der Waals surface area contributed by atoms with E-state index in [1.165, 1.54) is 30.5 Å². The third-order valence-electron chi connectivity index (χ3n) is 4.50. The highest BCUT2D eigenvalue weighted by Gasteiger charge is 2.20. The summed E-state index contributed by atoms with van der Waals surface area (Å²) in [7, 11) is 0. The molecule has 7 nitrogen and oxygen atoms in total. The van der Waals surface area contributed by atoms with E-state index in [-0.39, 0.29) is 17.6 Å². The zero-order valence-corrected chi connectivity index (χ0v) is 16.6. The number of amides is 1. The number of aromatic nitrogens is 3. The van der Waals surface area contributed by atoms with Gasteiger partial charge in [-0.1, -0.05) is 19.0 Å². The molecule has 0 radical (unpaired) electrons. The molecule has 0 spiro atoms. The average Bonchev–Trinajstić information content (AvgIpc) is 3.11. The van der Waals surface area contributed by atoms with Crippen LogP contribution in [-0.2, 0) is 0 Å². The molecule has 0 aliphatic carbocycles. The first-order valence-corrected chi connectivity index (χ1v) is 9.38. The quantitative estimate of drug-likeness (QED) is 0.488. The SMILES string of the molecule is Cc1noc2nc(C(C)C)cc(C(=O)Nc3ccc(Oc4ccc(F)cc4)nc3)c12. The van der Waals surface area contributed by atoms with Crippen LogP contribution in [0.1, 0.15) is 41.5 Å². The Morgan fingerprint density at radius 1 is 1.17 bits per heavy atom. The number of halogens is 1. The lowest BCUT2D eigenvalue weighted by atomic mass is 10.0. The Bertz CT molecular complexity index is 1200. The summed E-state index contributed by atoms with van der Waals surface area (Å²) in [5.41, 5.74) is 2.61. The maximum atomic E-state index is 13.0. The highest BCUT2D eigenvalue weighted by Crippen LogP contribution is 2.26. The summed E-state index contributed by atoms with van der Waals surface area (Å²) in [5.74, 6) is 0.245. The van der Waals surface area contributed by atoms with Crippen LogP contribution in [0.25, 0.3) is 11.1 Å². The van der Waals surface area contributed by atoms with Crippen molar-refractivity contribution in [3.63, 3.8) is 0 Å². The number of hydrogen-bond donors (Lipinski definition) is 1. The number of hydrogen-bond acceptors (Lipinski definition) is 6. The molecule has 0 saturated carbocycles. The van der Waals surface area contributed by atoms with Gasteiger partial charge in [0.2, 0.25) is 5.88 Å². The number of nitrogens with zero attached hydrogens (tertiary/aromatic N) is 3. The van der Waals surface area contributed by atoms with Gasteiger partial charge in [-0.05, 0) is 49.2 Å². The molecule has 0 atom stereocenters. The minimum Gasteiger partial charge on any atom is -0.439 e. The largest absolute Gasteiger partial charge is 0.439 e. The van der Waals surface area contributed by atoms with Gasteiger partial charge in [0.15, 0.2) is 0 Å². The lowest BCUT2D eigenvalue weighted by Gasteiger charge is -2.10. The summed E-state index contributed by atoms with van der Waals surface area (Å²) in [5, 5.41) is 7.35. The molecule has 4 aromatic rings. The number of aryl methyl sites for hydroxylation is 1. The molecule has 0 bridgehead atoms. The fraction of sp³-hybridized carbons (Fsp3) is 0.182. The van der Waals surface area contributed by atoms with E-state index in [2.05, 4.69) is 20.4 Å². The zero-order valence-electron chi connectivity index (χ0n) is 16.6. The van der Waals surface area contributed by atoms with E-state index < -0.39 is 0 Å². The molecule has 0 unspecified atom stereocenters. The molecule has 3 aromatic heterocycles. The second kappa shape index (κ2) is 7.90. The lowest BCUT2D eigenvalue weighted by Crippen LogP contribution is -2.14. The van der Waals surface area contributed by atoms with Gasteiger partial charge in [0.05, 0.1) is 28.5 Å². The van der Waals surface area contributed by atoms with Crippen molar-refractivity contribution in [1.29, 1.82) is 0 Å². The minimum absolute atomic E-state index is 0.121. The highest BCUT2D eigenvalue weighted by atomic mass is 19.1. The van der Waals surface area contributed by atoms with Crippen LogP contribution in [0.5, 0.6) is 11.6 Å². The predicted octanol–water partition coefficient (Wildman–Crippen LogP) is 5.23. The Kier molecular flexibility index (Phi) is 5.14. The van der Waals surface area contributed by atoms with E-state index in [1.54, 1.807) is 25.1 Å². The molecule has 3 heterocycles. The van der Waals surface area contributed by atoms with Crippen LogP contribution < -0.4 is 10.1 Å². The van der Waals surface area contributed by atoms with Crippen LogP contribution >= 0.6 is 0 Å². The maximum Gasteiger partial charge on any atom is 0.259 e. The normalized spacial score (nSPS) is 11.1. The van der Waals surface area contributed by atoms with Crippen LogP contribution in [0.2, 0.25) is 0 Å². The Morgan fingerprint density at radius 3 is 2.60 bits per heavy atom. The molecular weight excluding hydrogens is 387 g/mol. The number of carbonyl (C=O) groups is 1. The van der Waals surface area contributed by atoms with Gasteiger partial charge in [0.1, 0.15) is 11.6 Å². The molecule has 30 heavy (non-hydrogen) atoms. The number of rotatable bonds is 5. The third-order valence-corrected chi connectivity index (χ3v) is 4.50. The maximum absolute atomic E-state index is 13.0. The van der Waals surface area contributed by atoms with Gasteiger partial charge in [-0.3, -0.25) is 4.79 Å². The van der Waals surface area contributed by atoms with E-state index in [0.29, 0.717) is 39.7 Å². The summed E-state index contributed by atoms with van der Waals surface area (Å²) in [6, 6.07) is 10.7. The van der Waals surface area contributed by atoms with Crippen molar-refractivity contribution in [2.24, 2.45) is 0 Å². The Labute approximate surface area is 171 Å². The fourth-order valence-corrected chi connectivity index (χ4v) is 2.93. The molecule has 152 valence electrons. The minimum atomic E-state index is -0.345. The molecule has 0 aliphatic heterocycles. The number of anilines is 1. The van der Waals surface area contributed by atoms with Crippen LogP contribution in [0.15, 0.2) is 53.2 Å². The smallest absolute Gasteiger partial charge is 0.259 e. The second-order valence-corrected chi connectivity index (χ2v) is 7.09. The predicted molar refractivity (Wildman–Crippen MR) is 109 cm³/mol. The summed E-state index contributed by atoms with van der Waals surface area (Å²) in [6.07, 6.45) is 1.49. The topological polar surface area (TPSA) is 90.1 Å². The average molecular weight is 406 g/mol. The van der Waals surface area contributed by atoms with Gasteiger partial charge < -0.3 is 14.6 Å². The van der Waals surface area contributed by atoms with Crippen LogP contribution in [0, 0.1) is 12.7 Å². The summed E-state index contributed by atoms with van der Waals surface area (Å²) in [4.78, 5) is 21.6. The first-order chi connectivity index (χ1) is 14.4. The molecule has 8 heteroatoms. The van der Waals surface area contributed by atoms with Crippen molar-refractivity contribution in [2.75, 3.05) is 5.32 Å². The van der Waals surface area contributed by atoms with Crippen LogP contribution in [-0.4, -0.2) is 21.0 Å². The number of carbonyl (C=O) groups excluding carboxylic acids is 1. The van der Waals surface area contributed by atoms with E-state index in [0.717, 1.165) is 5.69 Å². The number of nitrogens with one attached hydrogen (secondary N) is 1. The van der Waals surface area contributed by atoms with Gasteiger partial charge in [-0.25, -0.2) is 14.4 Å². The third kappa shape index (κ3) is 3.98. The van der Waals surface area contributed by atoms with Crippen molar-refractivity contribution in [1.82, 2.24) is 15.1 Å². The summed E-state index contributed by atoms with van der Waals surface area (Å²) >= 11 is 0. The standard InChI is InChI=1S/C22H19FN4O3/c1-12(2)18-10-17(20-13(3)27-30-22(20)26-18)21(28)25-15-6-9-19(24-11-15)29-16-7-4-14(23)5-8-16/h4-12H,1-3H3,(H,25,28). The van der Waals surface area contributed by atoms with Crippen LogP contribution in [0.4, 0.5) is 10.1 Å². The van der Waals surface area contributed by atoms with E-state index in [9.17, 15) is 9.18 Å². The van der Waals surface area contributed by atoms with Gasteiger partial charge >= 0.3 is 0 Å². The van der Waals surface area contributed by atoms with Gasteiger partial charge in [0.25, 0.3) is 11.6 Å². The summed E-state index contributed by atoms with van der Waals surface area (Å²) < 4.78 is 23.8. The fourth-order valence-electron chi connectivity index (χ4n) is 2.93. The van der Waals surface area contributed by atoms with Gasteiger partial charge in [-0.2, -0.15) is 0 Å². The molecule has 1 N–H and O–H groups in total. The number of ether oxygens (including phenoxy) is 1. The Morgan fingerprint density at radius 2 is 1.93 bits per heavy atom. The van der Waals surface area contributed by atoms with Crippen molar-refractivity contribution in [2.45, 2.75) is 26.7 Å². The molecule has 0 saturated heterocycles. The van der Waals surface area contributed by atoms with Crippen LogP contribution in [0.3, 0.4) is 0 Å². The van der Waals surface area contributed by atoms with Crippen molar-refractivity contribution >= 4 is 22.7 Å². The molecule has 1 amide bonds. The molecule has 0 aliphatic rings. The van der Waals surface area contributed by atoms with E-state index >= 15 is 0 Å². The highest BCUT2D eigenvalue weighted by molar-refractivity contribution is 6.12. The monoisotopic (exact) mass is 406 g/mol. The van der Waals surface area contributed by atoms with Gasteiger partial charge in [0, 0.05) is 11.8 Å². The van der Waals surface area contributed by atoms with Gasteiger partial charge in [-0.15, -0.1) is 0 Å². The Balaban J connectivity index is 1.55. The first-order valence-electron chi connectivity index (χ1n) is 9.38. The molecule has 1 aromatic carbocycles. The second-order valence-electron chi connectivity index (χ2n) is 7.09. The first kappa shape index (κ1) is 19.5. The van der Waals surface area contributed by atoms with Crippen molar-refractivity contribution < 1.29 is 18.4 Å². The zero-order chi connectivity index (χ0) is 21.3. The van der Waals surface area contributed by atoms with E-state index in [1.807, 2.05) is 13.8 Å². The molecular formula is C22H19FN4O3. The Hall–Kier alpha value is -3.81. The van der Waals surface area contributed by atoms with E-state index in [4.69, 9.17) is 9.26 Å². The molecule has 4 rings (SSSR count). The van der Waals surface area contributed by atoms with Crippen molar-refractivity contribution in [3.8, 4) is 11.6 Å². The lowest BCUT2D eigenvalue weighted by molar-refractivity contribution is 0.102.